The lowest BCUT2D eigenvalue weighted by atomic mass is 10.0. The summed E-state index contributed by atoms with van der Waals surface area (Å²) in [6.07, 6.45) is 5.47. The van der Waals surface area contributed by atoms with E-state index in [1.165, 1.54) is 0 Å². The number of carbonyl (C=O) groups excluding carboxylic acids is 2. The fourth-order valence-electron chi connectivity index (χ4n) is 4.30. The Balaban J connectivity index is 1.41. The van der Waals surface area contributed by atoms with Crippen LogP contribution in [-0.4, -0.2) is 37.8 Å². The lowest BCUT2D eigenvalue weighted by molar-refractivity contribution is -0.133. The molecule has 7 heteroatoms. The number of fused-ring (bicyclic) bond motifs is 1. The zero-order valence-corrected chi connectivity index (χ0v) is 18.7. The van der Waals surface area contributed by atoms with E-state index in [0.29, 0.717) is 31.2 Å². The van der Waals surface area contributed by atoms with Crippen LogP contribution in [0.2, 0.25) is 0 Å². The van der Waals surface area contributed by atoms with Gasteiger partial charge in [-0.1, -0.05) is 66.7 Å². The zero-order valence-electron chi connectivity index (χ0n) is 18.7. The summed E-state index contributed by atoms with van der Waals surface area (Å²) in [5.74, 6) is 0.471. The van der Waals surface area contributed by atoms with Crippen molar-refractivity contribution in [3.63, 3.8) is 0 Å². The van der Waals surface area contributed by atoms with Crippen LogP contribution in [0.15, 0.2) is 91.4 Å². The molecule has 0 saturated heterocycles. The van der Waals surface area contributed by atoms with Gasteiger partial charge in [0, 0.05) is 38.2 Å². The van der Waals surface area contributed by atoms with Crippen LogP contribution in [0.3, 0.4) is 0 Å². The van der Waals surface area contributed by atoms with Crippen molar-refractivity contribution >= 4 is 11.8 Å². The van der Waals surface area contributed by atoms with E-state index in [0.717, 1.165) is 16.7 Å². The topological polar surface area (TPSA) is 80.1 Å². The largest absolute Gasteiger partial charge is 0.347 e. The van der Waals surface area contributed by atoms with Gasteiger partial charge in [0.2, 0.25) is 5.91 Å². The van der Waals surface area contributed by atoms with E-state index in [1.807, 2.05) is 82.3 Å². The molecule has 1 unspecified atom stereocenters. The Morgan fingerprint density at radius 2 is 1.65 bits per heavy atom. The second-order valence-electron chi connectivity index (χ2n) is 8.28. The fraction of sp³-hybridized carbons (Fsp3) is 0.185. The van der Waals surface area contributed by atoms with Crippen molar-refractivity contribution in [2.24, 2.45) is 0 Å². The molecule has 7 nitrogen and oxygen atoms in total. The van der Waals surface area contributed by atoms with Crippen molar-refractivity contribution < 1.29 is 9.59 Å². The molecule has 1 N–H and O–H groups in total. The van der Waals surface area contributed by atoms with E-state index >= 15 is 0 Å². The number of hydrogen-bond donors (Lipinski definition) is 1. The van der Waals surface area contributed by atoms with Gasteiger partial charge in [0.05, 0.1) is 6.42 Å². The average Bonchev–Trinajstić information content (AvgIpc) is 3.33. The van der Waals surface area contributed by atoms with Crippen LogP contribution in [0.25, 0.3) is 0 Å². The minimum Gasteiger partial charge on any atom is -0.347 e. The van der Waals surface area contributed by atoms with E-state index in [9.17, 15) is 9.59 Å². The highest BCUT2D eigenvalue weighted by Crippen LogP contribution is 2.32. The number of amides is 2. The summed E-state index contributed by atoms with van der Waals surface area (Å²) in [7, 11) is 0. The number of benzene rings is 2. The number of hydrogen-bond acceptors (Lipinski definition) is 4. The van der Waals surface area contributed by atoms with E-state index in [4.69, 9.17) is 4.98 Å². The minimum atomic E-state index is -0.366. The maximum absolute atomic E-state index is 13.3. The van der Waals surface area contributed by atoms with Crippen molar-refractivity contribution in [2.75, 3.05) is 6.54 Å². The lowest BCUT2D eigenvalue weighted by Gasteiger charge is -2.36. The van der Waals surface area contributed by atoms with Crippen molar-refractivity contribution in [1.29, 1.82) is 0 Å². The summed E-state index contributed by atoms with van der Waals surface area (Å²) in [4.78, 5) is 36.9. The molecule has 0 aliphatic carbocycles. The molecule has 2 aromatic carbocycles. The fourth-order valence-corrected chi connectivity index (χ4v) is 4.30. The Hall–Kier alpha value is -4.26. The predicted molar refractivity (Wildman–Crippen MR) is 128 cm³/mol. The molecule has 5 rings (SSSR count). The number of imidazole rings is 1. The van der Waals surface area contributed by atoms with E-state index < -0.39 is 0 Å². The quantitative estimate of drug-likeness (QED) is 0.487. The Kier molecular flexibility index (Phi) is 6.16. The van der Waals surface area contributed by atoms with E-state index in [-0.39, 0.29) is 24.3 Å². The van der Waals surface area contributed by atoms with Gasteiger partial charge < -0.3 is 14.8 Å². The first-order valence-corrected chi connectivity index (χ1v) is 11.3. The molecule has 4 aromatic rings. The molecule has 0 spiro atoms. The van der Waals surface area contributed by atoms with Crippen molar-refractivity contribution in [2.45, 2.75) is 25.6 Å². The second kappa shape index (κ2) is 9.70. The van der Waals surface area contributed by atoms with Gasteiger partial charge in [0.25, 0.3) is 5.91 Å². The Morgan fingerprint density at radius 1 is 0.912 bits per heavy atom. The molecule has 1 aliphatic rings. The minimum absolute atomic E-state index is 0.00572. The maximum atomic E-state index is 13.3. The normalized spacial score (nSPS) is 14.9. The summed E-state index contributed by atoms with van der Waals surface area (Å²) in [5, 5.41) is 2.94. The van der Waals surface area contributed by atoms with Crippen molar-refractivity contribution in [1.82, 2.24) is 24.8 Å². The standard InChI is InChI=1S/C27H25N5O2/c33-24(16-21-10-7-13-28-17-21)32-15-14-31-19-23(27(34)29-18-20-8-3-1-4-9-20)30-26(31)25(32)22-11-5-2-6-12-22/h1-13,17,19,25H,14-16,18H2,(H,29,34). The number of nitrogens with zero attached hydrogens (tertiary/aromatic N) is 4. The highest BCUT2D eigenvalue weighted by Gasteiger charge is 2.34. The number of carbonyl (C=O) groups is 2. The van der Waals surface area contributed by atoms with Gasteiger partial charge in [-0.2, -0.15) is 0 Å². The Labute approximate surface area is 198 Å². The summed E-state index contributed by atoms with van der Waals surface area (Å²) in [5.41, 5.74) is 3.21. The van der Waals surface area contributed by atoms with Gasteiger partial charge in [-0.25, -0.2) is 4.98 Å². The molecule has 0 fully saturated rings. The zero-order chi connectivity index (χ0) is 23.3. The Bertz CT molecular complexity index is 1270. The highest BCUT2D eigenvalue weighted by atomic mass is 16.2. The molecule has 2 aromatic heterocycles. The summed E-state index contributed by atoms with van der Waals surface area (Å²) < 4.78 is 1.99. The van der Waals surface area contributed by atoms with E-state index in [2.05, 4.69) is 10.3 Å². The third-order valence-electron chi connectivity index (χ3n) is 5.99. The molecule has 3 heterocycles. The third kappa shape index (κ3) is 4.59. The van der Waals surface area contributed by atoms with Gasteiger partial charge in [-0.05, 0) is 22.8 Å². The van der Waals surface area contributed by atoms with Crippen LogP contribution in [0.5, 0.6) is 0 Å². The second-order valence-corrected chi connectivity index (χ2v) is 8.28. The molecule has 1 aliphatic heterocycles. The van der Waals surface area contributed by atoms with Crippen LogP contribution in [0, 0.1) is 0 Å². The number of rotatable bonds is 6. The smallest absolute Gasteiger partial charge is 0.271 e. The Morgan fingerprint density at radius 3 is 2.38 bits per heavy atom. The summed E-state index contributed by atoms with van der Waals surface area (Å²) in [6.45, 7) is 1.54. The summed E-state index contributed by atoms with van der Waals surface area (Å²) in [6, 6.07) is 23.0. The number of pyridine rings is 1. The average molecular weight is 452 g/mol. The molecule has 34 heavy (non-hydrogen) atoms. The van der Waals surface area contributed by atoms with Crippen LogP contribution < -0.4 is 5.32 Å². The third-order valence-corrected chi connectivity index (χ3v) is 5.99. The molecule has 170 valence electrons. The monoisotopic (exact) mass is 451 g/mol. The first-order chi connectivity index (χ1) is 16.7. The lowest BCUT2D eigenvalue weighted by Crippen LogP contribution is -2.43. The molecular weight excluding hydrogens is 426 g/mol. The first-order valence-electron chi connectivity index (χ1n) is 11.3. The molecule has 0 saturated carbocycles. The maximum Gasteiger partial charge on any atom is 0.271 e. The summed E-state index contributed by atoms with van der Waals surface area (Å²) >= 11 is 0. The van der Waals surface area contributed by atoms with Crippen molar-refractivity contribution in [3.05, 3.63) is 120 Å². The highest BCUT2D eigenvalue weighted by molar-refractivity contribution is 5.92. The predicted octanol–water partition coefficient (Wildman–Crippen LogP) is 3.38. The van der Waals surface area contributed by atoms with E-state index in [1.54, 1.807) is 18.6 Å². The van der Waals surface area contributed by atoms with Gasteiger partial charge >= 0.3 is 0 Å². The SMILES string of the molecule is O=C(NCc1ccccc1)c1cn2c(n1)C(c1ccccc1)N(C(=O)Cc1cccnc1)CC2. The first kappa shape index (κ1) is 21.6. The number of aromatic nitrogens is 3. The van der Waals surface area contributed by atoms with Crippen molar-refractivity contribution in [3.8, 4) is 0 Å². The van der Waals surface area contributed by atoms with Crippen LogP contribution in [-0.2, 0) is 24.3 Å². The molecular formula is C27H25N5O2. The van der Waals surface area contributed by atoms with Crippen LogP contribution in [0.1, 0.15) is 39.0 Å². The van der Waals surface area contributed by atoms with Gasteiger partial charge in [0.15, 0.2) is 0 Å². The molecule has 0 bridgehead atoms. The molecule has 2 amide bonds. The number of nitrogens with one attached hydrogen (secondary N) is 1. The van der Waals surface area contributed by atoms with Gasteiger partial charge in [-0.3, -0.25) is 14.6 Å². The van der Waals surface area contributed by atoms with Gasteiger partial charge in [0.1, 0.15) is 17.6 Å². The van der Waals surface area contributed by atoms with Crippen LogP contribution >= 0.6 is 0 Å². The van der Waals surface area contributed by atoms with Gasteiger partial charge in [-0.15, -0.1) is 0 Å². The molecule has 1 atom stereocenters. The molecule has 0 radical (unpaired) electrons. The van der Waals surface area contributed by atoms with Crippen LogP contribution in [0.4, 0.5) is 0 Å².